The summed E-state index contributed by atoms with van der Waals surface area (Å²) in [7, 11) is 3.93. The van der Waals surface area contributed by atoms with Crippen LogP contribution in [0.4, 0.5) is 0 Å². The summed E-state index contributed by atoms with van der Waals surface area (Å²) < 4.78 is 7.75. The fraction of sp³-hybridized carbons (Fsp3) is 0.400. The minimum atomic E-state index is 0.533. The molecule has 1 N–H and O–H groups in total. The van der Waals surface area contributed by atoms with Crippen molar-refractivity contribution in [1.82, 2.24) is 15.1 Å². The normalized spacial score (nSPS) is 17.9. The van der Waals surface area contributed by atoms with Crippen LogP contribution < -0.4 is 10.1 Å². The monoisotopic (exact) mass is 257 g/mol. The van der Waals surface area contributed by atoms with Gasteiger partial charge in [0.05, 0.1) is 12.8 Å². The van der Waals surface area contributed by atoms with Gasteiger partial charge in [0.15, 0.2) is 0 Å². The number of benzene rings is 1. The Kier molecular flexibility index (Phi) is 3.25. The van der Waals surface area contributed by atoms with Gasteiger partial charge in [0.2, 0.25) is 0 Å². The van der Waals surface area contributed by atoms with Crippen LogP contribution in [0.15, 0.2) is 30.6 Å². The van der Waals surface area contributed by atoms with E-state index < -0.39 is 0 Å². The summed E-state index contributed by atoms with van der Waals surface area (Å²) >= 11 is 0. The van der Waals surface area contributed by atoms with Crippen molar-refractivity contribution in [1.29, 1.82) is 0 Å². The van der Waals surface area contributed by atoms with Crippen molar-refractivity contribution >= 4 is 0 Å². The van der Waals surface area contributed by atoms with Gasteiger partial charge in [-0.1, -0.05) is 18.2 Å². The van der Waals surface area contributed by atoms with Gasteiger partial charge in [0.25, 0.3) is 0 Å². The van der Waals surface area contributed by atoms with Gasteiger partial charge in [-0.15, -0.1) is 0 Å². The number of hydrogen-bond acceptors (Lipinski definition) is 3. The van der Waals surface area contributed by atoms with Crippen LogP contribution in [0.1, 0.15) is 17.9 Å². The van der Waals surface area contributed by atoms with Crippen molar-refractivity contribution in [3.05, 3.63) is 36.2 Å². The molecule has 1 aromatic heterocycles. The van der Waals surface area contributed by atoms with Gasteiger partial charge >= 0.3 is 0 Å². The maximum absolute atomic E-state index is 5.93. The van der Waals surface area contributed by atoms with Crippen LogP contribution in [0.25, 0.3) is 11.1 Å². The third-order valence-electron chi connectivity index (χ3n) is 3.66. The van der Waals surface area contributed by atoms with Crippen LogP contribution in [0.5, 0.6) is 5.75 Å². The Balaban J connectivity index is 2.05. The molecule has 100 valence electrons. The van der Waals surface area contributed by atoms with Crippen molar-refractivity contribution in [2.75, 3.05) is 20.2 Å². The highest BCUT2D eigenvalue weighted by Gasteiger charge is 2.23. The minimum Gasteiger partial charge on any atom is -0.493 e. The summed E-state index contributed by atoms with van der Waals surface area (Å²) in [5, 5.41) is 7.52. The number of para-hydroxylation sites is 1. The fourth-order valence-electron chi connectivity index (χ4n) is 2.74. The molecule has 1 aliphatic heterocycles. The van der Waals surface area contributed by atoms with E-state index in [1.807, 2.05) is 31.2 Å². The maximum Gasteiger partial charge on any atom is 0.130 e. The molecule has 0 bridgehead atoms. The molecule has 0 amide bonds. The van der Waals surface area contributed by atoms with Crippen LogP contribution in [0.3, 0.4) is 0 Å². The van der Waals surface area contributed by atoms with E-state index in [2.05, 4.69) is 28.6 Å². The van der Waals surface area contributed by atoms with Gasteiger partial charge in [0.1, 0.15) is 5.75 Å². The number of aryl methyl sites for hydroxylation is 1. The Morgan fingerprint density at radius 2 is 2.37 bits per heavy atom. The molecule has 19 heavy (non-hydrogen) atoms. The Labute approximate surface area is 113 Å². The fourth-order valence-corrected chi connectivity index (χ4v) is 2.74. The second-order valence-corrected chi connectivity index (χ2v) is 5.02. The molecule has 1 unspecified atom stereocenters. The summed E-state index contributed by atoms with van der Waals surface area (Å²) in [5.41, 5.74) is 3.57. The van der Waals surface area contributed by atoms with Crippen molar-refractivity contribution in [3.8, 4) is 16.9 Å². The van der Waals surface area contributed by atoms with Crippen LogP contribution in [-0.4, -0.2) is 30.0 Å². The van der Waals surface area contributed by atoms with Gasteiger partial charge in [0, 0.05) is 36.8 Å². The molecule has 0 saturated heterocycles. The Bertz CT molecular complexity index is 577. The molecule has 2 aromatic rings. The summed E-state index contributed by atoms with van der Waals surface area (Å²) in [6.45, 7) is 1.78. The minimum absolute atomic E-state index is 0.533. The highest BCUT2D eigenvalue weighted by atomic mass is 16.5. The van der Waals surface area contributed by atoms with Crippen LogP contribution >= 0.6 is 0 Å². The van der Waals surface area contributed by atoms with Gasteiger partial charge in [-0.2, -0.15) is 5.10 Å². The lowest BCUT2D eigenvalue weighted by Gasteiger charge is -2.27. The first kappa shape index (κ1) is 12.2. The Morgan fingerprint density at radius 1 is 1.47 bits per heavy atom. The first-order valence-electron chi connectivity index (χ1n) is 6.69. The van der Waals surface area contributed by atoms with E-state index in [4.69, 9.17) is 4.74 Å². The second-order valence-electron chi connectivity index (χ2n) is 5.02. The largest absolute Gasteiger partial charge is 0.493 e. The number of ether oxygens (including phenoxy) is 1. The molecular formula is C15H19N3O. The number of likely N-dealkylation sites (N-methyl/N-ethyl adjacent to an activating group) is 1. The molecule has 3 rings (SSSR count). The van der Waals surface area contributed by atoms with Crippen LogP contribution in [0, 0.1) is 0 Å². The number of aromatic nitrogens is 2. The smallest absolute Gasteiger partial charge is 0.130 e. The van der Waals surface area contributed by atoms with Crippen LogP contribution in [-0.2, 0) is 7.05 Å². The first-order valence-corrected chi connectivity index (χ1v) is 6.69. The van der Waals surface area contributed by atoms with Gasteiger partial charge in [-0.05, 0) is 19.0 Å². The van der Waals surface area contributed by atoms with E-state index in [-0.39, 0.29) is 0 Å². The highest BCUT2D eigenvalue weighted by Crippen LogP contribution is 2.40. The number of nitrogens with one attached hydrogen (secondary N) is 1. The topological polar surface area (TPSA) is 39.1 Å². The zero-order chi connectivity index (χ0) is 13.2. The summed E-state index contributed by atoms with van der Waals surface area (Å²) in [6, 6.07) is 6.40. The number of nitrogens with zero attached hydrogens (tertiary/aromatic N) is 2. The van der Waals surface area contributed by atoms with E-state index in [1.54, 1.807) is 0 Å². The van der Waals surface area contributed by atoms with E-state index in [0.29, 0.717) is 5.92 Å². The lowest BCUT2D eigenvalue weighted by atomic mass is 9.90. The average Bonchev–Trinajstić information content (AvgIpc) is 2.85. The molecule has 0 aliphatic carbocycles. The zero-order valence-electron chi connectivity index (χ0n) is 11.4. The number of rotatable bonds is 3. The Morgan fingerprint density at radius 3 is 3.11 bits per heavy atom. The summed E-state index contributed by atoms with van der Waals surface area (Å²) in [4.78, 5) is 0. The molecule has 1 aromatic carbocycles. The van der Waals surface area contributed by atoms with Crippen molar-refractivity contribution in [2.45, 2.75) is 12.3 Å². The van der Waals surface area contributed by atoms with Gasteiger partial charge in [-0.25, -0.2) is 0 Å². The third-order valence-corrected chi connectivity index (χ3v) is 3.66. The molecule has 0 radical (unpaired) electrons. The molecule has 1 aliphatic rings. The maximum atomic E-state index is 5.93. The van der Waals surface area contributed by atoms with E-state index in [9.17, 15) is 0 Å². The molecule has 4 heteroatoms. The summed E-state index contributed by atoms with van der Waals surface area (Å²) in [6.07, 6.45) is 4.99. The lowest BCUT2D eigenvalue weighted by molar-refractivity contribution is 0.267. The van der Waals surface area contributed by atoms with E-state index >= 15 is 0 Å². The molecule has 0 saturated carbocycles. The van der Waals surface area contributed by atoms with Crippen molar-refractivity contribution < 1.29 is 4.74 Å². The quantitative estimate of drug-likeness (QED) is 0.916. The molecule has 0 spiro atoms. The van der Waals surface area contributed by atoms with Crippen molar-refractivity contribution in [3.63, 3.8) is 0 Å². The standard InChI is InChI=1S/C15H19N3O/c1-16-8-11-6-7-19-15-13(11)4-3-5-14(15)12-9-17-18(2)10-12/h3-5,9-11,16H,6-8H2,1-2H3. The lowest BCUT2D eigenvalue weighted by Crippen LogP contribution is -2.23. The first-order chi connectivity index (χ1) is 9.29. The molecule has 2 heterocycles. The molecule has 0 fully saturated rings. The molecular weight excluding hydrogens is 238 g/mol. The van der Waals surface area contributed by atoms with E-state index in [1.165, 1.54) is 5.56 Å². The summed E-state index contributed by atoms with van der Waals surface area (Å²) in [5.74, 6) is 1.56. The number of fused-ring (bicyclic) bond motifs is 1. The average molecular weight is 257 g/mol. The molecule has 4 nitrogen and oxygen atoms in total. The highest BCUT2D eigenvalue weighted by molar-refractivity contribution is 5.72. The number of hydrogen-bond donors (Lipinski definition) is 1. The second kappa shape index (κ2) is 5.05. The van der Waals surface area contributed by atoms with E-state index in [0.717, 1.165) is 36.4 Å². The van der Waals surface area contributed by atoms with Gasteiger partial charge < -0.3 is 10.1 Å². The Hall–Kier alpha value is -1.81. The van der Waals surface area contributed by atoms with Gasteiger partial charge in [-0.3, -0.25) is 4.68 Å². The molecule has 1 atom stereocenters. The zero-order valence-corrected chi connectivity index (χ0v) is 11.4. The van der Waals surface area contributed by atoms with Crippen LogP contribution in [0.2, 0.25) is 0 Å². The SMILES string of the molecule is CNCC1CCOc2c(-c3cnn(C)c3)cccc21. The predicted molar refractivity (Wildman–Crippen MR) is 75.4 cm³/mol. The van der Waals surface area contributed by atoms with Crippen molar-refractivity contribution in [2.24, 2.45) is 7.05 Å². The predicted octanol–water partition coefficient (Wildman–Crippen LogP) is 2.17. The third kappa shape index (κ3) is 2.24.